The van der Waals surface area contributed by atoms with Gasteiger partial charge in [0.05, 0.1) is 0 Å². The van der Waals surface area contributed by atoms with E-state index >= 15 is 0 Å². The van der Waals surface area contributed by atoms with E-state index in [1.54, 1.807) is 0 Å². The molecule has 16 heavy (non-hydrogen) atoms. The number of carboxylic acid groups (broad SMARTS) is 1. The Kier molecular flexibility index (Phi) is 4.01. The lowest BCUT2D eigenvalue weighted by atomic mass is 10.4. The van der Waals surface area contributed by atoms with Crippen LogP contribution >= 0.6 is 0 Å². The van der Waals surface area contributed by atoms with Gasteiger partial charge in [0, 0.05) is 26.3 Å². The highest BCUT2D eigenvalue weighted by molar-refractivity contribution is 5.84. The first-order chi connectivity index (χ1) is 7.56. The number of hydrogen-bond donors (Lipinski definition) is 2. The zero-order chi connectivity index (χ0) is 12.1. The number of aromatic nitrogens is 2. The number of rotatable bonds is 5. The molecule has 1 rings (SSSR count). The lowest BCUT2D eigenvalue weighted by Gasteiger charge is -2.03. The van der Waals surface area contributed by atoms with Gasteiger partial charge in [0.1, 0.15) is 5.69 Å². The van der Waals surface area contributed by atoms with Crippen LogP contribution in [0.15, 0.2) is 15.7 Å². The van der Waals surface area contributed by atoms with Crippen LogP contribution < -0.4 is 11.2 Å². The molecule has 0 aromatic carbocycles. The molecule has 0 saturated heterocycles. The van der Waals surface area contributed by atoms with Crippen molar-refractivity contribution in [2.45, 2.75) is 13.0 Å². The number of nitrogens with zero attached hydrogens (tertiary/aromatic N) is 1. The summed E-state index contributed by atoms with van der Waals surface area (Å²) < 4.78 is 5.72. The molecule has 1 heterocycles. The molecule has 7 heteroatoms. The molecule has 88 valence electrons. The van der Waals surface area contributed by atoms with Crippen LogP contribution in [0.3, 0.4) is 0 Å². The van der Waals surface area contributed by atoms with E-state index in [2.05, 4.69) is 4.98 Å². The van der Waals surface area contributed by atoms with Crippen LogP contribution in [-0.4, -0.2) is 34.3 Å². The van der Waals surface area contributed by atoms with Crippen molar-refractivity contribution in [3.63, 3.8) is 0 Å². The zero-order valence-electron chi connectivity index (χ0n) is 8.73. The van der Waals surface area contributed by atoms with E-state index in [0.29, 0.717) is 13.0 Å². The number of aromatic carboxylic acids is 1. The van der Waals surface area contributed by atoms with Crippen molar-refractivity contribution in [3.8, 4) is 0 Å². The second-order valence-electron chi connectivity index (χ2n) is 3.13. The van der Waals surface area contributed by atoms with Crippen molar-refractivity contribution in [2.75, 3.05) is 13.7 Å². The van der Waals surface area contributed by atoms with Gasteiger partial charge in [-0.2, -0.15) is 0 Å². The minimum atomic E-state index is -1.33. The molecular formula is C9H12N2O5. The largest absolute Gasteiger partial charge is 0.477 e. The molecule has 0 fully saturated rings. The maximum Gasteiger partial charge on any atom is 0.352 e. The average molecular weight is 228 g/mol. The molecule has 0 radical (unpaired) electrons. The van der Waals surface area contributed by atoms with Gasteiger partial charge in [0.25, 0.3) is 5.56 Å². The van der Waals surface area contributed by atoms with Crippen LogP contribution in [0.5, 0.6) is 0 Å². The number of ether oxygens (including phenoxy) is 1. The molecule has 2 N–H and O–H groups in total. The maximum absolute atomic E-state index is 11.4. The standard InChI is InChI=1S/C9H12N2O5/c1-16-4-2-3-11-7(12)5-6(8(13)14)10-9(11)15/h5H,2-4H2,1H3,(H,10,15)(H,13,14). The van der Waals surface area contributed by atoms with Crippen molar-refractivity contribution >= 4 is 5.97 Å². The second-order valence-corrected chi connectivity index (χ2v) is 3.13. The predicted molar refractivity (Wildman–Crippen MR) is 54.8 cm³/mol. The normalized spacial score (nSPS) is 10.3. The Morgan fingerprint density at radius 1 is 1.56 bits per heavy atom. The van der Waals surface area contributed by atoms with Gasteiger partial charge in [-0.15, -0.1) is 0 Å². The van der Waals surface area contributed by atoms with E-state index in [9.17, 15) is 14.4 Å². The summed E-state index contributed by atoms with van der Waals surface area (Å²) in [5.41, 5.74) is -1.75. The van der Waals surface area contributed by atoms with E-state index in [4.69, 9.17) is 9.84 Å². The topological polar surface area (TPSA) is 101 Å². The number of carbonyl (C=O) groups is 1. The summed E-state index contributed by atoms with van der Waals surface area (Å²) in [4.78, 5) is 35.4. The summed E-state index contributed by atoms with van der Waals surface area (Å²) >= 11 is 0. The first-order valence-electron chi connectivity index (χ1n) is 4.62. The number of methoxy groups -OCH3 is 1. The molecule has 0 aliphatic heterocycles. The average Bonchev–Trinajstić information content (AvgIpc) is 2.21. The first-order valence-corrected chi connectivity index (χ1v) is 4.62. The fourth-order valence-corrected chi connectivity index (χ4v) is 1.21. The van der Waals surface area contributed by atoms with Gasteiger partial charge >= 0.3 is 11.7 Å². The van der Waals surface area contributed by atoms with E-state index in [1.165, 1.54) is 7.11 Å². The van der Waals surface area contributed by atoms with Crippen LogP contribution in [0.1, 0.15) is 16.9 Å². The quantitative estimate of drug-likeness (QED) is 0.647. The van der Waals surface area contributed by atoms with Crippen LogP contribution in [0.25, 0.3) is 0 Å². The van der Waals surface area contributed by atoms with E-state index in [0.717, 1.165) is 10.6 Å². The van der Waals surface area contributed by atoms with Gasteiger partial charge in [0.15, 0.2) is 0 Å². The molecule has 0 aliphatic rings. The number of H-pyrrole nitrogens is 1. The van der Waals surface area contributed by atoms with Gasteiger partial charge in [0.2, 0.25) is 0 Å². The van der Waals surface area contributed by atoms with Gasteiger partial charge in [-0.1, -0.05) is 0 Å². The summed E-state index contributed by atoms with van der Waals surface area (Å²) in [5, 5.41) is 8.60. The minimum Gasteiger partial charge on any atom is -0.477 e. The van der Waals surface area contributed by atoms with Crippen LogP contribution in [0, 0.1) is 0 Å². The van der Waals surface area contributed by atoms with Gasteiger partial charge in [-0.3, -0.25) is 9.36 Å². The molecule has 1 aromatic rings. The fourth-order valence-electron chi connectivity index (χ4n) is 1.21. The van der Waals surface area contributed by atoms with Gasteiger partial charge < -0.3 is 14.8 Å². The molecule has 0 atom stereocenters. The molecular weight excluding hydrogens is 216 g/mol. The number of nitrogens with one attached hydrogen (secondary N) is 1. The Bertz CT molecular complexity index is 456. The monoisotopic (exact) mass is 228 g/mol. The molecule has 0 unspecified atom stereocenters. The summed E-state index contributed by atoms with van der Waals surface area (Å²) in [6.07, 6.45) is 0.506. The third kappa shape index (κ3) is 2.80. The van der Waals surface area contributed by atoms with Gasteiger partial charge in [-0.05, 0) is 6.42 Å². The lowest BCUT2D eigenvalue weighted by Crippen LogP contribution is -2.36. The van der Waals surface area contributed by atoms with Crippen LogP contribution in [0.2, 0.25) is 0 Å². The molecule has 0 aliphatic carbocycles. The third-order valence-corrected chi connectivity index (χ3v) is 1.98. The summed E-state index contributed by atoms with van der Waals surface area (Å²) in [6.45, 7) is 0.620. The predicted octanol–water partition coefficient (Wildman–Crippen LogP) is -0.729. The van der Waals surface area contributed by atoms with Crippen molar-refractivity contribution in [1.82, 2.24) is 9.55 Å². The van der Waals surface area contributed by atoms with Crippen LogP contribution in [-0.2, 0) is 11.3 Å². The lowest BCUT2D eigenvalue weighted by molar-refractivity contribution is 0.0689. The van der Waals surface area contributed by atoms with Crippen molar-refractivity contribution in [1.29, 1.82) is 0 Å². The van der Waals surface area contributed by atoms with Gasteiger partial charge in [-0.25, -0.2) is 9.59 Å². The third-order valence-electron chi connectivity index (χ3n) is 1.98. The number of hydrogen-bond acceptors (Lipinski definition) is 4. The highest BCUT2D eigenvalue weighted by Crippen LogP contribution is 1.87. The first kappa shape index (κ1) is 12.2. The summed E-state index contributed by atoms with van der Waals surface area (Å²) in [5.74, 6) is -1.33. The summed E-state index contributed by atoms with van der Waals surface area (Å²) in [6, 6.07) is 0.885. The zero-order valence-corrected chi connectivity index (χ0v) is 8.73. The van der Waals surface area contributed by atoms with Crippen LogP contribution in [0.4, 0.5) is 0 Å². The Labute approximate surface area is 90.3 Å². The fraction of sp³-hybridized carbons (Fsp3) is 0.444. The Morgan fingerprint density at radius 2 is 2.25 bits per heavy atom. The SMILES string of the molecule is COCCCn1c(=O)cc(C(=O)O)[nH]c1=O. The molecule has 7 nitrogen and oxygen atoms in total. The van der Waals surface area contributed by atoms with E-state index in [1.807, 2.05) is 0 Å². The molecule has 0 saturated carbocycles. The number of carboxylic acids is 1. The Hall–Kier alpha value is -1.89. The van der Waals surface area contributed by atoms with E-state index in [-0.39, 0.29) is 6.54 Å². The number of aromatic amines is 1. The smallest absolute Gasteiger partial charge is 0.352 e. The summed E-state index contributed by atoms with van der Waals surface area (Å²) in [7, 11) is 1.51. The van der Waals surface area contributed by atoms with Crippen molar-refractivity contribution in [2.24, 2.45) is 0 Å². The maximum atomic E-state index is 11.4. The molecule has 0 bridgehead atoms. The van der Waals surface area contributed by atoms with Crippen molar-refractivity contribution in [3.05, 3.63) is 32.6 Å². The molecule has 0 spiro atoms. The van der Waals surface area contributed by atoms with E-state index < -0.39 is 22.9 Å². The Balaban J connectivity index is 3.00. The minimum absolute atomic E-state index is 0.196. The second kappa shape index (κ2) is 5.26. The Morgan fingerprint density at radius 3 is 2.75 bits per heavy atom. The molecule has 0 amide bonds. The van der Waals surface area contributed by atoms with Crippen molar-refractivity contribution < 1.29 is 14.6 Å². The highest BCUT2D eigenvalue weighted by Gasteiger charge is 2.08. The highest BCUT2D eigenvalue weighted by atomic mass is 16.5. The molecule has 1 aromatic heterocycles.